The molecule has 0 heterocycles. The van der Waals surface area contributed by atoms with Crippen LogP contribution in [0.1, 0.15) is 50.3 Å². The van der Waals surface area contributed by atoms with E-state index in [0.717, 1.165) is 6.42 Å². The summed E-state index contributed by atoms with van der Waals surface area (Å²) in [5.74, 6) is 0. The quantitative estimate of drug-likeness (QED) is 0.699. The van der Waals surface area contributed by atoms with Crippen molar-refractivity contribution in [2.24, 2.45) is 0 Å². The molecule has 0 saturated carbocycles. The summed E-state index contributed by atoms with van der Waals surface area (Å²) in [5.41, 5.74) is 5.58. The second-order valence-electron chi connectivity index (χ2n) is 5.76. The van der Waals surface area contributed by atoms with Gasteiger partial charge in [-0.05, 0) is 49.1 Å². The number of hydrogen-bond donors (Lipinski definition) is 1. The summed E-state index contributed by atoms with van der Waals surface area (Å²) in [6, 6.07) is 21.8. The first kappa shape index (κ1) is 16.5. The van der Waals surface area contributed by atoms with Gasteiger partial charge in [-0.25, -0.2) is 0 Å². The molecule has 1 atom stereocenters. The molecule has 1 unspecified atom stereocenters. The maximum absolute atomic E-state index is 3.49. The summed E-state index contributed by atoms with van der Waals surface area (Å²) < 4.78 is 0. The number of likely N-dealkylation sites (N-methyl/N-ethyl adjacent to an activating group) is 1. The predicted molar refractivity (Wildman–Crippen MR) is 96.8 cm³/mol. The zero-order chi connectivity index (χ0) is 15.8. The number of unbranched alkanes of at least 4 members (excludes halogenated alkanes) is 1. The van der Waals surface area contributed by atoms with Crippen molar-refractivity contribution in [3.63, 3.8) is 0 Å². The van der Waals surface area contributed by atoms with E-state index in [-0.39, 0.29) is 6.04 Å². The number of benzene rings is 2. The Labute approximate surface area is 135 Å². The first-order valence-electron chi connectivity index (χ1n) is 8.25. The molecule has 1 N–H and O–H groups in total. The number of hydrogen-bond acceptors (Lipinski definition) is 1. The van der Waals surface area contributed by atoms with E-state index in [1.54, 1.807) is 0 Å². The Hall–Kier alpha value is -1.86. The molecule has 116 valence electrons. The van der Waals surface area contributed by atoms with Crippen molar-refractivity contribution in [1.82, 2.24) is 5.32 Å². The highest BCUT2D eigenvalue weighted by Crippen LogP contribution is 2.31. The summed E-state index contributed by atoms with van der Waals surface area (Å²) in [4.78, 5) is 0. The van der Waals surface area contributed by atoms with E-state index >= 15 is 0 Å². The Kier molecular flexibility index (Phi) is 6.42. The minimum Gasteiger partial charge on any atom is -0.310 e. The van der Waals surface area contributed by atoms with Crippen LogP contribution in [0.15, 0.2) is 66.2 Å². The first-order chi connectivity index (χ1) is 10.8. The molecule has 1 nitrogen and oxygen atoms in total. The summed E-state index contributed by atoms with van der Waals surface area (Å²) in [5, 5.41) is 3.49. The summed E-state index contributed by atoms with van der Waals surface area (Å²) in [7, 11) is 2.05. The highest BCUT2D eigenvalue weighted by Gasteiger charge is 2.15. The second kappa shape index (κ2) is 8.55. The van der Waals surface area contributed by atoms with Crippen molar-refractivity contribution in [3.8, 4) is 0 Å². The van der Waals surface area contributed by atoms with Crippen LogP contribution in [0.3, 0.4) is 0 Å². The standard InChI is InChI=1S/C21H27N/c1-4-5-16-20(18-12-8-6-9-13-18)17(2)21(22-3)19-14-10-7-11-15-19/h6-15,21-22H,4-5,16H2,1-3H3/b20-17+. The summed E-state index contributed by atoms with van der Waals surface area (Å²) in [6.07, 6.45) is 3.59. The van der Waals surface area contributed by atoms with Crippen LogP contribution < -0.4 is 5.32 Å². The van der Waals surface area contributed by atoms with Crippen molar-refractivity contribution in [1.29, 1.82) is 0 Å². The molecule has 2 aromatic carbocycles. The van der Waals surface area contributed by atoms with Gasteiger partial charge < -0.3 is 5.32 Å². The van der Waals surface area contributed by atoms with Gasteiger partial charge in [-0.1, -0.05) is 74.0 Å². The SMILES string of the molecule is CCCC/C(=C(/C)C(NC)c1ccccc1)c1ccccc1. The molecule has 0 aliphatic heterocycles. The second-order valence-corrected chi connectivity index (χ2v) is 5.76. The molecule has 0 amide bonds. The smallest absolute Gasteiger partial charge is 0.0536 e. The van der Waals surface area contributed by atoms with Gasteiger partial charge in [0, 0.05) is 0 Å². The van der Waals surface area contributed by atoms with Crippen LogP contribution >= 0.6 is 0 Å². The van der Waals surface area contributed by atoms with Gasteiger partial charge in [0.1, 0.15) is 0 Å². The summed E-state index contributed by atoms with van der Waals surface area (Å²) >= 11 is 0. The topological polar surface area (TPSA) is 12.0 Å². The lowest BCUT2D eigenvalue weighted by Gasteiger charge is -2.22. The Balaban J connectivity index is 2.43. The fourth-order valence-corrected chi connectivity index (χ4v) is 3.01. The van der Waals surface area contributed by atoms with Crippen molar-refractivity contribution in [3.05, 3.63) is 77.4 Å². The lowest BCUT2D eigenvalue weighted by Crippen LogP contribution is -2.18. The van der Waals surface area contributed by atoms with Gasteiger partial charge in [0.15, 0.2) is 0 Å². The lowest BCUT2D eigenvalue weighted by atomic mass is 9.89. The average Bonchev–Trinajstić information content (AvgIpc) is 2.58. The van der Waals surface area contributed by atoms with Gasteiger partial charge in [0.25, 0.3) is 0 Å². The van der Waals surface area contributed by atoms with Crippen molar-refractivity contribution < 1.29 is 0 Å². The zero-order valence-corrected chi connectivity index (χ0v) is 14.0. The maximum Gasteiger partial charge on any atom is 0.0536 e. The van der Waals surface area contributed by atoms with Crippen LogP contribution in [0.4, 0.5) is 0 Å². The highest BCUT2D eigenvalue weighted by atomic mass is 14.9. The third kappa shape index (κ3) is 4.08. The fraction of sp³-hybridized carbons (Fsp3) is 0.333. The molecule has 0 radical (unpaired) electrons. The Morgan fingerprint density at radius 3 is 2.09 bits per heavy atom. The molecule has 0 aliphatic carbocycles. The number of allylic oxidation sites excluding steroid dienone is 1. The minimum atomic E-state index is 0.272. The number of rotatable bonds is 7. The van der Waals surface area contributed by atoms with E-state index in [4.69, 9.17) is 0 Å². The van der Waals surface area contributed by atoms with Crippen LogP contribution in [-0.4, -0.2) is 7.05 Å². The van der Waals surface area contributed by atoms with Crippen LogP contribution in [0.2, 0.25) is 0 Å². The van der Waals surface area contributed by atoms with E-state index in [9.17, 15) is 0 Å². The van der Waals surface area contributed by atoms with Crippen molar-refractivity contribution >= 4 is 5.57 Å². The Bertz CT molecular complexity index is 584. The molecule has 0 aliphatic rings. The largest absolute Gasteiger partial charge is 0.310 e. The van der Waals surface area contributed by atoms with Crippen LogP contribution in [0.5, 0.6) is 0 Å². The van der Waals surface area contributed by atoms with E-state index in [1.807, 2.05) is 7.05 Å². The van der Waals surface area contributed by atoms with E-state index in [2.05, 4.69) is 79.8 Å². The van der Waals surface area contributed by atoms with Gasteiger partial charge in [-0.15, -0.1) is 0 Å². The third-order valence-corrected chi connectivity index (χ3v) is 4.23. The van der Waals surface area contributed by atoms with Gasteiger partial charge in [0.2, 0.25) is 0 Å². The molecule has 0 bridgehead atoms. The Morgan fingerprint density at radius 1 is 0.955 bits per heavy atom. The Morgan fingerprint density at radius 2 is 1.55 bits per heavy atom. The molecule has 1 heteroatoms. The van der Waals surface area contributed by atoms with Gasteiger partial charge in [-0.3, -0.25) is 0 Å². The third-order valence-electron chi connectivity index (χ3n) is 4.23. The molecule has 22 heavy (non-hydrogen) atoms. The first-order valence-corrected chi connectivity index (χ1v) is 8.25. The monoisotopic (exact) mass is 293 g/mol. The highest BCUT2D eigenvalue weighted by molar-refractivity contribution is 5.69. The maximum atomic E-state index is 3.49. The van der Waals surface area contributed by atoms with Gasteiger partial charge >= 0.3 is 0 Å². The number of nitrogens with one attached hydrogen (secondary N) is 1. The molecule has 0 spiro atoms. The van der Waals surface area contributed by atoms with E-state index in [0.29, 0.717) is 0 Å². The van der Waals surface area contributed by atoms with Gasteiger partial charge in [-0.2, -0.15) is 0 Å². The molecular formula is C21H27N. The zero-order valence-electron chi connectivity index (χ0n) is 14.0. The van der Waals surface area contributed by atoms with Crippen LogP contribution in [-0.2, 0) is 0 Å². The van der Waals surface area contributed by atoms with Crippen molar-refractivity contribution in [2.45, 2.75) is 39.2 Å². The fourth-order valence-electron chi connectivity index (χ4n) is 3.01. The van der Waals surface area contributed by atoms with E-state index < -0.39 is 0 Å². The predicted octanol–water partition coefficient (Wildman–Crippen LogP) is 5.61. The van der Waals surface area contributed by atoms with Crippen LogP contribution in [0, 0.1) is 0 Å². The molecule has 2 rings (SSSR count). The molecule has 0 aromatic heterocycles. The lowest BCUT2D eigenvalue weighted by molar-refractivity contribution is 0.674. The van der Waals surface area contributed by atoms with Crippen LogP contribution in [0.25, 0.3) is 5.57 Å². The average molecular weight is 293 g/mol. The normalized spacial score (nSPS) is 13.6. The molecular weight excluding hydrogens is 266 g/mol. The molecule has 2 aromatic rings. The van der Waals surface area contributed by atoms with Gasteiger partial charge in [0.05, 0.1) is 6.04 Å². The van der Waals surface area contributed by atoms with E-state index in [1.165, 1.54) is 35.1 Å². The minimum absolute atomic E-state index is 0.272. The van der Waals surface area contributed by atoms with Crippen molar-refractivity contribution in [2.75, 3.05) is 7.05 Å². The summed E-state index contributed by atoms with van der Waals surface area (Å²) in [6.45, 7) is 4.52. The molecule has 0 fully saturated rings. The molecule has 0 saturated heterocycles.